The van der Waals surface area contributed by atoms with E-state index in [1.807, 2.05) is 28.9 Å². The van der Waals surface area contributed by atoms with Crippen LogP contribution < -0.4 is 0 Å². The Morgan fingerprint density at radius 2 is 1.94 bits per heavy atom. The minimum atomic E-state index is -0.126. The molecule has 0 fully saturated rings. The number of benzene rings is 1. The largest absolute Gasteiger partial charge is 0.396 e. The Morgan fingerprint density at radius 1 is 1.24 bits per heavy atom. The van der Waals surface area contributed by atoms with E-state index in [1.54, 1.807) is 0 Å². The fraction of sp³-hybridized carbons (Fsp3) is 0.462. The van der Waals surface area contributed by atoms with E-state index in [0.717, 1.165) is 23.1 Å². The molecule has 4 nitrogen and oxygen atoms in total. The van der Waals surface area contributed by atoms with Gasteiger partial charge in [0, 0.05) is 31.1 Å². The smallest absolute Gasteiger partial charge is 0.0707 e. The summed E-state index contributed by atoms with van der Waals surface area (Å²) in [6, 6.07) is 8.06. The first-order valence-electron chi connectivity index (χ1n) is 5.96. The molecule has 0 aliphatic heterocycles. The SMILES string of the molecule is CCn1nc(CC(CO)CO)c2ccccc21. The lowest BCUT2D eigenvalue weighted by Crippen LogP contribution is -2.14. The van der Waals surface area contributed by atoms with Crippen LogP contribution in [0.2, 0.25) is 0 Å². The topological polar surface area (TPSA) is 58.3 Å². The Hall–Kier alpha value is -1.39. The normalized spacial score (nSPS) is 11.5. The molecule has 0 unspecified atom stereocenters. The van der Waals surface area contributed by atoms with Gasteiger partial charge in [0.05, 0.1) is 11.2 Å². The maximum atomic E-state index is 9.13. The van der Waals surface area contributed by atoms with E-state index >= 15 is 0 Å². The summed E-state index contributed by atoms with van der Waals surface area (Å²) in [5, 5.41) is 23.9. The van der Waals surface area contributed by atoms with Crippen LogP contribution in [0, 0.1) is 5.92 Å². The number of hydrogen-bond donors (Lipinski definition) is 2. The van der Waals surface area contributed by atoms with Gasteiger partial charge in [-0.3, -0.25) is 4.68 Å². The fourth-order valence-corrected chi connectivity index (χ4v) is 2.05. The van der Waals surface area contributed by atoms with E-state index in [-0.39, 0.29) is 19.1 Å². The van der Waals surface area contributed by atoms with Crippen LogP contribution >= 0.6 is 0 Å². The van der Waals surface area contributed by atoms with Crippen LogP contribution in [0.3, 0.4) is 0 Å². The van der Waals surface area contributed by atoms with E-state index in [0.29, 0.717) is 6.42 Å². The number of fused-ring (bicyclic) bond motifs is 1. The highest BCUT2D eigenvalue weighted by atomic mass is 16.3. The summed E-state index contributed by atoms with van der Waals surface area (Å²) in [5.74, 6) is -0.126. The van der Waals surface area contributed by atoms with Crippen molar-refractivity contribution in [2.45, 2.75) is 19.9 Å². The summed E-state index contributed by atoms with van der Waals surface area (Å²) in [6.07, 6.45) is 0.612. The molecule has 0 aliphatic rings. The third kappa shape index (κ3) is 2.33. The molecule has 2 N–H and O–H groups in total. The summed E-state index contributed by atoms with van der Waals surface area (Å²) < 4.78 is 1.95. The first kappa shape index (κ1) is 12.1. The zero-order valence-corrected chi connectivity index (χ0v) is 10.0. The van der Waals surface area contributed by atoms with E-state index in [1.165, 1.54) is 0 Å². The molecule has 4 heteroatoms. The van der Waals surface area contributed by atoms with Crippen LogP contribution in [0.4, 0.5) is 0 Å². The molecule has 17 heavy (non-hydrogen) atoms. The lowest BCUT2D eigenvalue weighted by atomic mass is 10.0. The lowest BCUT2D eigenvalue weighted by Gasteiger charge is -2.08. The fourth-order valence-electron chi connectivity index (χ4n) is 2.05. The summed E-state index contributed by atoms with van der Waals surface area (Å²) >= 11 is 0. The van der Waals surface area contributed by atoms with Crippen LogP contribution in [0.15, 0.2) is 24.3 Å². The van der Waals surface area contributed by atoms with Crippen molar-refractivity contribution in [1.29, 1.82) is 0 Å². The van der Waals surface area contributed by atoms with Crippen molar-refractivity contribution in [1.82, 2.24) is 9.78 Å². The number of aliphatic hydroxyl groups is 2. The van der Waals surface area contributed by atoms with Gasteiger partial charge in [-0.2, -0.15) is 5.10 Å². The van der Waals surface area contributed by atoms with Crippen molar-refractivity contribution < 1.29 is 10.2 Å². The highest BCUT2D eigenvalue weighted by molar-refractivity contribution is 5.81. The third-order valence-electron chi connectivity index (χ3n) is 3.03. The molecule has 92 valence electrons. The number of nitrogens with zero attached hydrogens (tertiary/aromatic N) is 2. The zero-order valence-electron chi connectivity index (χ0n) is 10.0. The van der Waals surface area contributed by atoms with Crippen molar-refractivity contribution in [2.24, 2.45) is 5.92 Å². The molecule has 0 atom stereocenters. The molecule has 1 heterocycles. The van der Waals surface area contributed by atoms with E-state index in [2.05, 4.69) is 12.0 Å². The lowest BCUT2D eigenvalue weighted by molar-refractivity contribution is 0.149. The number of hydrogen-bond acceptors (Lipinski definition) is 3. The first-order valence-corrected chi connectivity index (χ1v) is 5.96. The van der Waals surface area contributed by atoms with E-state index in [9.17, 15) is 0 Å². The molecule has 1 aromatic heterocycles. The Labute approximate surface area is 100 Å². The summed E-state index contributed by atoms with van der Waals surface area (Å²) in [7, 11) is 0. The molecule has 0 saturated heterocycles. The third-order valence-corrected chi connectivity index (χ3v) is 3.03. The number of rotatable bonds is 5. The van der Waals surface area contributed by atoms with Gasteiger partial charge in [-0.05, 0) is 19.4 Å². The van der Waals surface area contributed by atoms with Crippen molar-refractivity contribution in [3.8, 4) is 0 Å². The van der Waals surface area contributed by atoms with Crippen LogP contribution in [-0.4, -0.2) is 33.2 Å². The minimum Gasteiger partial charge on any atom is -0.396 e. The quantitative estimate of drug-likeness (QED) is 0.817. The Morgan fingerprint density at radius 3 is 2.59 bits per heavy atom. The molecule has 2 rings (SSSR count). The monoisotopic (exact) mass is 234 g/mol. The summed E-state index contributed by atoms with van der Waals surface area (Å²) in [6.45, 7) is 2.86. The molecule has 0 bridgehead atoms. The summed E-state index contributed by atoms with van der Waals surface area (Å²) in [4.78, 5) is 0. The molecule has 1 aromatic carbocycles. The second kappa shape index (κ2) is 5.29. The highest BCUT2D eigenvalue weighted by Gasteiger charge is 2.14. The van der Waals surface area contributed by atoms with Crippen molar-refractivity contribution >= 4 is 10.9 Å². The Balaban J connectivity index is 2.40. The highest BCUT2D eigenvalue weighted by Crippen LogP contribution is 2.20. The van der Waals surface area contributed by atoms with Crippen LogP contribution in [0.25, 0.3) is 10.9 Å². The zero-order chi connectivity index (χ0) is 12.3. The standard InChI is InChI=1S/C13H18N2O2/c1-2-15-13-6-4-3-5-11(13)12(14-15)7-10(8-16)9-17/h3-6,10,16-17H,2,7-9H2,1H3. The molecule has 0 radical (unpaired) electrons. The van der Waals surface area contributed by atoms with Gasteiger partial charge in [-0.25, -0.2) is 0 Å². The average Bonchev–Trinajstić information content (AvgIpc) is 2.74. The van der Waals surface area contributed by atoms with Crippen molar-refractivity contribution in [3.05, 3.63) is 30.0 Å². The van der Waals surface area contributed by atoms with E-state index < -0.39 is 0 Å². The van der Waals surface area contributed by atoms with Crippen LogP contribution in [-0.2, 0) is 13.0 Å². The molecule has 2 aromatic rings. The van der Waals surface area contributed by atoms with Crippen LogP contribution in [0.5, 0.6) is 0 Å². The second-order valence-corrected chi connectivity index (χ2v) is 4.21. The number of aliphatic hydroxyl groups excluding tert-OH is 2. The molecule has 0 aliphatic carbocycles. The first-order chi connectivity index (χ1) is 8.30. The van der Waals surface area contributed by atoms with Crippen LogP contribution in [0.1, 0.15) is 12.6 Å². The maximum absolute atomic E-state index is 9.13. The van der Waals surface area contributed by atoms with Gasteiger partial charge in [0.25, 0.3) is 0 Å². The molecular weight excluding hydrogens is 216 g/mol. The van der Waals surface area contributed by atoms with Gasteiger partial charge >= 0.3 is 0 Å². The summed E-state index contributed by atoms with van der Waals surface area (Å²) in [5.41, 5.74) is 2.06. The second-order valence-electron chi connectivity index (χ2n) is 4.21. The molecule has 0 amide bonds. The molecule has 0 spiro atoms. The predicted molar refractivity (Wildman–Crippen MR) is 66.8 cm³/mol. The van der Waals surface area contributed by atoms with Crippen molar-refractivity contribution in [2.75, 3.05) is 13.2 Å². The number of aryl methyl sites for hydroxylation is 1. The average molecular weight is 234 g/mol. The molecule has 0 saturated carbocycles. The Kier molecular flexibility index (Phi) is 3.76. The van der Waals surface area contributed by atoms with Gasteiger partial charge in [-0.1, -0.05) is 18.2 Å². The number of aromatic nitrogens is 2. The predicted octanol–water partition coefficient (Wildman–Crippen LogP) is 1.20. The number of para-hydroxylation sites is 1. The van der Waals surface area contributed by atoms with E-state index in [4.69, 9.17) is 10.2 Å². The molecular formula is C13H18N2O2. The Bertz CT molecular complexity index is 489. The maximum Gasteiger partial charge on any atom is 0.0707 e. The van der Waals surface area contributed by atoms with Gasteiger partial charge in [0.1, 0.15) is 0 Å². The van der Waals surface area contributed by atoms with Gasteiger partial charge in [0.15, 0.2) is 0 Å². The van der Waals surface area contributed by atoms with Gasteiger partial charge < -0.3 is 10.2 Å². The van der Waals surface area contributed by atoms with Gasteiger partial charge in [-0.15, -0.1) is 0 Å². The van der Waals surface area contributed by atoms with Gasteiger partial charge in [0.2, 0.25) is 0 Å². The minimum absolute atomic E-state index is 0.0101. The van der Waals surface area contributed by atoms with Crippen molar-refractivity contribution in [3.63, 3.8) is 0 Å².